The van der Waals surface area contributed by atoms with E-state index in [2.05, 4.69) is 12.6 Å². The van der Waals surface area contributed by atoms with E-state index in [0.717, 1.165) is 0 Å². The van der Waals surface area contributed by atoms with Gasteiger partial charge in [0.05, 0.1) is 18.3 Å². The molecule has 1 aromatic rings. The number of ketones is 1. The van der Waals surface area contributed by atoms with Gasteiger partial charge in [0.25, 0.3) is 0 Å². The standard InChI is InChI=1S/C26H28F2O6S/c1-23-12-19(30)26(28)14(10-17(27)15-9-13(29)6-7-24(15,26)2)16(23)11-25(3,20(23)22(32)35)34-21(31)18-5-4-8-33-18/h4-8,14,16,19-20,30H,9-12H2,1-3H3,(H,32,35)/t14?,16?,19-,20+,23-,24-,25?,26-/m0/s1. The highest BCUT2D eigenvalue weighted by Crippen LogP contribution is 2.71. The normalized spacial score (nSPS) is 44.5. The number of alkyl halides is 1. The van der Waals surface area contributed by atoms with Crippen LogP contribution in [0.1, 0.15) is 57.0 Å². The summed E-state index contributed by atoms with van der Waals surface area (Å²) < 4.78 is 43.7. The summed E-state index contributed by atoms with van der Waals surface area (Å²) in [5, 5.41) is 10.8. The number of allylic oxidation sites excluding steroid dienone is 4. The minimum atomic E-state index is -2.28. The molecule has 0 spiro atoms. The number of aliphatic hydroxyl groups excluding tert-OH is 1. The molecule has 9 heteroatoms. The Labute approximate surface area is 207 Å². The summed E-state index contributed by atoms with van der Waals surface area (Å²) >= 11 is 4.10. The van der Waals surface area contributed by atoms with Gasteiger partial charge in [0.2, 0.25) is 5.76 Å². The average molecular weight is 507 g/mol. The van der Waals surface area contributed by atoms with E-state index in [1.165, 1.54) is 37.5 Å². The van der Waals surface area contributed by atoms with E-state index in [-0.39, 0.29) is 42.8 Å². The van der Waals surface area contributed by atoms with Gasteiger partial charge < -0.3 is 14.3 Å². The van der Waals surface area contributed by atoms with Gasteiger partial charge in [-0.25, -0.2) is 13.6 Å². The molecule has 4 aliphatic rings. The number of aliphatic hydroxyl groups is 1. The van der Waals surface area contributed by atoms with Crippen LogP contribution in [0, 0.1) is 28.6 Å². The Balaban J connectivity index is 1.61. The van der Waals surface area contributed by atoms with Crippen LogP contribution in [0.2, 0.25) is 0 Å². The minimum Gasteiger partial charge on any atom is -0.457 e. The van der Waals surface area contributed by atoms with Gasteiger partial charge in [-0.1, -0.05) is 13.0 Å². The van der Waals surface area contributed by atoms with E-state index in [1.54, 1.807) is 13.8 Å². The van der Waals surface area contributed by atoms with Crippen molar-refractivity contribution in [2.75, 3.05) is 0 Å². The van der Waals surface area contributed by atoms with Crippen LogP contribution in [0.3, 0.4) is 0 Å². The number of carbonyl (C=O) groups is 3. The van der Waals surface area contributed by atoms with Gasteiger partial charge in [-0.3, -0.25) is 9.59 Å². The zero-order valence-corrected chi connectivity index (χ0v) is 20.6. The number of carbonyl (C=O) groups excluding carboxylic acids is 3. The quantitative estimate of drug-likeness (QED) is 0.462. The zero-order valence-electron chi connectivity index (χ0n) is 19.7. The zero-order chi connectivity index (χ0) is 25.6. The smallest absolute Gasteiger partial charge is 0.374 e. The number of hydrogen-bond acceptors (Lipinski definition) is 6. The van der Waals surface area contributed by atoms with E-state index in [9.17, 15) is 19.5 Å². The molecule has 5 rings (SSSR count). The fourth-order valence-corrected chi connectivity index (χ4v) is 8.40. The highest BCUT2D eigenvalue weighted by Gasteiger charge is 2.75. The van der Waals surface area contributed by atoms with Gasteiger partial charge in [-0.05, 0) is 61.8 Å². The third-order valence-electron chi connectivity index (χ3n) is 9.28. The Kier molecular flexibility index (Phi) is 5.32. The highest BCUT2D eigenvalue weighted by molar-refractivity contribution is 7.96. The first kappa shape index (κ1) is 24.4. The van der Waals surface area contributed by atoms with Gasteiger partial charge in [0, 0.05) is 24.2 Å². The summed E-state index contributed by atoms with van der Waals surface area (Å²) in [4.78, 5) is 37.7. The molecule has 188 valence electrons. The summed E-state index contributed by atoms with van der Waals surface area (Å²) in [7, 11) is 0. The van der Waals surface area contributed by atoms with Gasteiger partial charge in [-0.15, -0.1) is 12.6 Å². The number of hydrogen-bond donors (Lipinski definition) is 2. The predicted octanol–water partition coefficient (Wildman–Crippen LogP) is 4.55. The van der Waals surface area contributed by atoms with Crippen LogP contribution in [0.15, 0.2) is 46.4 Å². The first-order valence-electron chi connectivity index (χ1n) is 11.7. The van der Waals surface area contributed by atoms with E-state index in [1.807, 2.05) is 0 Å². The lowest BCUT2D eigenvalue weighted by Crippen LogP contribution is -2.66. The largest absolute Gasteiger partial charge is 0.457 e. The molecule has 35 heavy (non-hydrogen) atoms. The maximum absolute atomic E-state index is 17.3. The first-order chi connectivity index (χ1) is 16.3. The molecule has 0 aromatic carbocycles. The summed E-state index contributed by atoms with van der Waals surface area (Å²) in [5.74, 6) is -4.28. The molecule has 3 unspecified atom stereocenters. The van der Waals surface area contributed by atoms with Crippen molar-refractivity contribution in [1.29, 1.82) is 0 Å². The Morgan fingerprint density at radius 1 is 1.23 bits per heavy atom. The fraction of sp³-hybridized carbons (Fsp3) is 0.577. The lowest BCUT2D eigenvalue weighted by molar-refractivity contribution is -0.191. The number of halogens is 2. The Hall–Kier alpha value is -2.26. The number of rotatable bonds is 3. The molecular weight excluding hydrogens is 478 g/mol. The van der Waals surface area contributed by atoms with Crippen molar-refractivity contribution >= 4 is 29.5 Å². The van der Waals surface area contributed by atoms with Gasteiger partial charge >= 0.3 is 5.97 Å². The predicted molar refractivity (Wildman–Crippen MR) is 124 cm³/mol. The van der Waals surface area contributed by atoms with Crippen molar-refractivity contribution in [3.05, 3.63) is 47.7 Å². The third kappa shape index (κ3) is 3.13. The first-order valence-corrected chi connectivity index (χ1v) is 12.2. The highest BCUT2D eigenvalue weighted by atomic mass is 32.1. The summed E-state index contributed by atoms with van der Waals surface area (Å²) in [5.41, 5.74) is -6.12. The molecule has 1 aromatic heterocycles. The summed E-state index contributed by atoms with van der Waals surface area (Å²) in [6.07, 6.45) is 1.83. The molecule has 0 amide bonds. The maximum atomic E-state index is 17.3. The van der Waals surface area contributed by atoms with Crippen LogP contribution < -0.4 is 0 Å². The van der Waals surface area contributed by atoms with Crippen LogP contribution in [0.5, 0.6) is 0 Å². The molecule has 6 nitrogen and oxygen atoms in total. The number of ether oxygens (including phenoxy) is 1. The lowest BCUT2D eigenvalue weighted by atomic mass is 9.46. The molecule has 1 heterocycles. The van der Waals surface area contributed by atoms with Crippen LogP contribution >= 0.6 is 12.6 Å². The molecule has 4 aliphatic carbocycles. The average Bonchev–Trinajstić information content (AvgIpc) is 3.37. The van der Waals surface area contributed by atoms with Crippen LogP contribution in [-0.2, 0) is 14.3 Å². The molecule has 2 fully saturated rings. The van der Waals surface area contributed by atoms with Crippen molar-refractivity contribution in [2.24, 2.45) is 28.6 Å². The monoisotopic (exact) mass is 506 g/mol. The third-order valence-corrected chi connectivity index (χ3v) is 9.54. The molecule has 0 radical (unpaired) electrons. The van der Waals surface area contributed by atoms with Crippen molar-refractivity contribution in [3.8, 4) is 0 Å². The molecule has 0 bridgehead atoms. The fourth-order valence-electron chi connectivity index (χ4n) is 7.83. The van der Waals surface area contributed by atoms with Gasteiger partial charge in [0.1, 0.15) is 11.4 Å². The molecule has 8 atom stereocenters. The van der Waals surface area contributed by atoms with E-state index < -0.39 is 62.9 Å². The number of furan rings is 1. The minimum absolute atomic E-state index is 0.0442. The Bertz CT molecular complexity index is 1180. The lowest BCUT2D eigenvalue weighted by Gasteiger charge is -2.61. The molecule has 0 saturated heterocycles. The van der Waals surface area contributed by atoms with Crippen LogP contribution in [-0.4, -0.2) is 39.3 Å². The van der Waals surface area contributed by atoms with Crippen molar-refractivity contribution in [1.82, 2.24) is 0 Å². The molecular formula is C26H28F2O6S. The number of thiol groups is 1. The molecule has 0 aliphatic heterocycles. The van der Waals surface area contributed by atoms with E-state index in [0.29, 0.717) is 0 Å². The van der Waals surface area contributed by atoms with Crippen molar-refractivity contribution in [3.63, 3.8) is 0 Å². The topological polar surface area (TPSA) is 93.8 Å². The van der Waals surface area contributed by atoms with E-state index in [4.69, 9.17) is 9.15 Å². The maximum Gasteiger partial charge on any atom is 0.374 e. The van der Waals surface area contributed by atoms with E-state index >= 15 is 8.78 Å². The van der Waals surface area contributed by atoms with Gasteiger partial charge in [0.15, 0.2) is 16.6 Å². The second kappa shape index (κ2) is 7.62. The molecule has 1 N–H and O–H groups in total. The second-order valence-corrected chi connectivity index (χ2v) is 11.6. The van der Waals surface area contributed by atoms with Crippen molar-refractivity contribution in [2.45, 2.75) is 63.8 Å². The number of fused-ring (bicyclic) bond motifs is 5. The van der Waals surface area contributed by atoms with Crippen LogP contribution in [0.4, 0.5) is 8.78 Å². The van der Waals surface area contributed by atoms with Gasteiger partial charge in [-0.2, -0.15) is 0 Å². The SMILES string of the molecule is CC1(OC(=O)c2ccco2)CC2C3CC(F)=C4CC(=O)C=C[C@]4(C)[C@@]3(F)[C@@H](O)C[C@]2(C)[C@H]1C(=O)S. The second-order valence-electron chi connectivity index (χ2n) is 11.1. The Morgan fingerprint density at radius 3 is 2.57 bits per heavy atom. The summed E-state index contributed by atoms with van der Waals surface area (Å²) in [6.45, 7) is 4.88. The van der Waals surface area contributed by atoms with Crippen LogP contribution in [0.25, 0.3) is 0 Å². The number of esters is 1. The molecule has 2 saturated carbocycles. The summed E-state index contributed by atoms with van der Waals surface area (Å²) in [6, 6.07) is 2.96. The Morgan fingerprint density at radius 2 is 1.94 bits per heavy atom. The van der Waals surface area contributed by atoms with Crippen molar-refractivity contribution < 1.29 is 37.4 Å².